The zero-order valence-electron chi connectivity index (χ0n) is 20.0. The molecule has 0 heterocycles. The summed E-state index contributed by atoms with van der Waals surface area (Å²) in [6.45, 7) is 14.6. The number of aliphatic hydroxyl groups is 1. The van der Waals surface area contributed by atoms with Crippen LogP contribution in [0.3, 0.4) is 0 Å². The first kappa shape index (κ1) is 22.9. The third-order valence-corrected chi connectivity index (χ3v) is 9.11. The zero-order valence-corrected chi connectivity index (χ0v) is 20.0. The summed E-state index contributed by atoms with van der Waals surface area (Å²) in [7, 11) is 0. The fourth-order valence-corrected chi connectivity index (χ4v) is 6.52. The molecule has 3 aliphatic rings. The minimum atomic E-state index is -0.145. The molecule has 0 radical (unpaired) electrons. The Morgan fingerprint density at radius 3 is 2.59 bits per heavy atom. The molecule has 3 rings (SSSR count). The number of fused-ring (bicyclic) bond motifs is 1. The molecule has 164 valence electrons. The van der Waals surface area contributed by atoms with Crippen LogP contribution >= 0.6 is 0 Å². The highest BCUT2D eigenvalue weighted by molar-refractivity contribution is 5.36. The maximum Gasteiger partial charge on any atom is 0.0583 e. The van der Waals surface area contributed by atoms with E-state index in [0.717, 1.165) is 48.9 Å². The highest BCUT2D eigenvalue weighted by atomic mass is 16.3. The maximum atomic E-state index is 10.1. The van der Waals surface area contributed by atoms with Gasteiger partial charge in [-0.05, 0) is 98.0 Å². The summed E-state index contributed by atoms with van der Waals surface area (Å²) in [4.78, 5) is 0. The van der Waals surface area contributed by atoms with E-state index in [2.05, 4.69) is 59.8 Å². The first-order valence-corrected chi connectivity index (χ1v) is 12.5. The number of aliphatic hydroxyl groups excluding tert-OH is 1. The molecule has 6 atom stereocenters. The van der Waals surface area contributed by atoms with Gasteiger partial charge in [-0.2, -0.15) is 0 Å². The van der Waals surface area contributed by atoms with Crippen LogP contribution < -0.4 is 0 Å². The summed E-state index contributed by atoms with van der Waals surface area (Å²) < 4.78 is 0. The number of hydrogen-bond donors (Lipinski definition) is 1. The average Bonchev–Trinajstić information content (AvgIpc) is 3.04. The van der Waals surface area contributed by atoms with Crippen molar-refractivity contribution in [3.63, 3.8) is 0 Å². The first-order chi connectivity index (χ1) is 13.7. The molecule has 0 aromatic carbocycles. The highest BCUT2D eigenvalue weighted by Crippen LogP contribution is 2.59. The molecule has 1 heteroatoms. The Bertz CT molecular complexity index is 651. The molecule has 0 aromatic heterocycles. The van der Waals surface area contributed by atoms with E-state index in [9.17, 15) is 5.11 Å². The van der Waals surface area contributed by atoms with E-state index < -0.39 is 0 Å². The molecule has 0 aromatic rings. The summed E-state index contributed by atoms with van der Waals surface area (Å²) in [6, 6.07) is 0. The molecular weight excluding hydrogens is 352 g/mol. The predicted octanol–water partition coefficient (Wildman–Crippen LogP) is 7.87. The second kappa shape index (κ2) is 9.54. The molecule has 3 aliphatic carbocycles. The van der Waals surface area contributed by atoms with Gasteiger partial charge in [0.15, 0.2) is 0 Å². The van der Waals surface area contributed by atoms with Crippen LogP contribution in [0.1, 0.15) is 99.3 Å². The van der Waals surface area contributed by atoms with Gasteiger partial charge in [-0.15, -0.1) is 0 Å². The van der Waals surface area contributed by atoms with E-state index in [-0.39, 0.29) is 6.10 Å². The molecular formula is C28H46O. The second-order valence-electron chi connectivity index (χ2n) is 11.3. The Hall–Kier alpha value is -0.820. The van der Waals surface area contributed by atoms with Gasteiger partial charge in [0.25, 0.3) is 0 Å². The van der Waals surface area contributed by atoms with Crippen molar-refractivity contribution in [2.45, 2.75) is 105 Å². The van der Waals surface area contributed by atoms with E-state index in [1.807, 2.05) is 0 Å². The van der Waals surface area contributed by atoms with Crippen LogP contribution in [0.2, 0.25) is 0 Å². The molecule has 0 amide bonds. The van der Waals surface area contributed by atoms with Gasteiger partial charge in [0.2, 0.25) is 0 Å². The van der Waals surface area contributed by atoms with Crippen LogP contribution in [0.5, 0.6) is 0 Å². The van der Waals surface area contributed by atoms with Gasteiger partial charge in [0, 0.05) is 0 Å². The fraction of sp³-hybridized carbons (Fsp3) is 0.786. The second-order valence-corrected chi connectivity index (χ2v) is 11.3. The minimum Gasteiger partial charge on any atom is -0.393 e. The molecule has 1 N–H and O–H groups in total. The number of hydrogen-bond acceptors (Lipinski definition) is 1. The third kappa shape index (κ3) is 5.09. The summed E-state index contributed by atoms with van der Waals surface area (Å²) in [5.41, 5.74) is 4.92. The smallest absolute Gasteiger partial charge is 0.0583 e. The van der Waals surface area contributed by atoms with Gasteiger partial charge in [0.1, 0.15) is 0 Å². The Morgan fingerprint density at radius 1 is 1.10 bits per heavy atom. The summed E-state index contributed by atoms with van der Waals surface area (Å²) in [5, 5.41) is 10.1. The van der Waals surface area contributed by atoms with Crippen molar-refractivity contribution in [2.75, 3.05) is 0 Å². The van der Waals surface area contributed by atoms with E-state index in [1.165, 1.54) is 49.7 Å². The average molecular weight is 399 g/mol. The minimum absolute atomic E-state index is 0.145. The predicted molar refractivity (Wildman–Crippen MR) is 126 cm³/mol. The Kier molecular flexibility index (Phi) is 7.52. The van der Waals surface area contributed by atoms with E-state index in [0.29, 0.717) is 5.41 Å². The summed E-state index contributed by atoms with van der Waals surface area (Å²) >= 11 is 0. The lowest BCUT2D eigenvalue weighted by Gasteiger charge is -2.43. The van der Waals surface area contributed by atoms with Gasteiger partial charge in [-0.25, -0.2) is 0 Å². The molecule has 0 spiro atoms. The molecule has 0 bridgehead atoms. The van der Waals surface area contributed by atoms with Gasteiger partial charge >= 0.3 is 0 Å². The van der Waals surface area contributed by atoms with E-state index >= 15 is 0 Å². The highest BCUT2D eigenvalue weighted by Gasteiger charge is 2.49. The van der Waals surface area contributed by atoms with Crippen LogP contribution in [0, 0.1) is 35.0 Å². The van der Waals surface area contributed by atoms with Crippen molar-refractivity contribution in [2.24, 2.45) is 35.0 Å². The van der Waals surface area contributed by atoms with Crippen LogP contribution in [0.4, 0.5) is 0 Å². The normalized spacial score (nSPS) is 35.2. The van der Waals surface area contributed by atoms with Crippen LogP contribution in [0.15, 0.2) is 34.9 Å². The van der Waals surface area contributed by atoms with Gasteiger partial charge < -0.3 is 5.11 Å². The van der Waals surface area contributed by atoms with Crippen LogP contribution in [-0.2, 0) is 0 Å². The van der Waals surface area contributed by atoms with Crippen molar-refractivity contribution in [1.29, 1.82) is 0 Å². The van der Waals surface area contributed by atoms with Crippen molar-refractivity contribution >= 4 is 0 Å². The Balaban J connectivity index is 1.68. The standard InChI is InChI=1S/C28H46O/c1-19(2)20(3)9-10-22(5)26-15-16-27-23(8-7-17-28(26,27)6)12-13-24-18-25(29)14-11-21(24)4/h8,12-13,19-20,22,25-27,29H,7,9-11,14-18H2,1-6H3/b13-12+/t20?,22?,25-,26?,27?,28?/m0/s1. The molecule has 1 saturated carbocycles. The molecule has 5 unspecified atom stereocenters. The van der Waals surface area contributed by atoms with Crippen LogP contribution in [0.25, 0.3) is 0 Å². The van der Waals surface area contributed by atoms with Gasteiger partial charge in [-0.3, -0.25) is 0 Å². The first-order valence-electron chi connectivity index (χ1n) is 12.5. The van der Waals surface area contributed by atoms with Crippen molar-refractivity contribution in [3.05, 3.63) is 34.9 Å². The van der Waals surface area contributed by atoms with Crippen molar-refractivity contribution < 1.29 is 5.11 Å². The Labute approximate surface area is 180 Å². The lowest BCUT2D eigenvalue weighted by molar-refractivity contribution is 0.105. The van der Waals surface area contributed by atoms with Gasteiger partial charge in [0.05, 0.1) is 6.10 Å². The Morgan fingerprint density at radius 2 is 1.86 bits per heavy atom. The fourth-order valence-electron chi connectivity index (χ4n) is 6.52. The zero-order chi connectivity index (χ0) is 21.2. The molecule has 0 aliphatic heterocycles. The lowest BCUT2D eigenvalue weighted by atomic mass is 9.62. The third-order valence-electron chi connectivity index (χ3n) is 9.11. The molecule has 1 fully saturated rings. The maximum absolute atomic E-state index is 10.1. The monoisotopic (exact) mass is 398 g/mol. The van der Waals surface area contributed by atoms with Crippen molar-refractivity contribution in [3.8, 4) is 0 Å². The number of allylic oxidation sites excluding steroid dienone is 5. The molecule has 29 heavy (non-hydrogen) atoms. The summed E-state index contributed by atoms with van der Waals surface area (Å²) in [5.74, 6) is 4.10. The van der Waals surface area contributed by atoms with E-state index in [4.69, 9.17) is 0 Å². The van der Waals surface area contributed by atoms with E-state index in [1.54, 1.807) is 5.57 Å². The topological polar surface area (TPSA) is 20.2 Å². The van der Waals surface area contributed by atoms with Crippen LogP contribution in [-0.4, -0.2) is 11.2 Å². The molecule has 1 nitrogen and oxygen atoms in total. The quantitative estimate of drug-likeness (QED) is 0.462. The number of rotatable bonds is 7. The summed E-state index contributed by atoms with van der Waals surface area (Å²) in [6.07, 6.45) is 18.1. The largest absolute Gasteiger partial charge is 0.393 e. The molecule has 0 saturated heterocycles. The lowest BCUT2D eigenvalue weighted by Crippen LogP contribution is -2.35. The van der Waals surface area contributed by atoms with Crippen molar-refractivity contribution in [1.82, 2.24) is 0 Å². The van der Waals surface area contributed by atoms with Gasteiger partial charge in [-0.1, -0.05) is 71.3 Å². The SMILES string of the molecule is CC1=C(/C=C/C2=CCCC3(C)C2CCC3C(C)CCC(C)C(C)C)C[C@@H](O)CC1.